The van der Waals surface area contributed by atoms with Crippen LogP contribution in [0.4, 0.5) is 5.82 Å². The highest BCUT2D eigenvalue weighted by atomic mass is 16.5. The molecule has 4 aromatic rings. The summed E-state index contributed by atoms with van der Waals surface area (Å²) in [4.78, 5) is 12.1. The summed E-state index contributed by atoms with van der Waals surface area (Å²) in [6.07, 6.45) is 5.16. The molecule has 2 N–H and O–H groups in total. The lowest BCUT2D eigenvalue weighted by molar-refractivity contribution is 0.182. The lowest BCUT2D eigenvalue weighted by Crippen LogP contribution is -2.35. The monoisotopic (exact) mass is 430 g/mol. The molecule has 0 aliphatic carbocycles. The predicted octanol–water partition coefficient (Wildman–Crippen LogP) is 4.67. The van der Waals surface area contributed by atoms with Gasteiger partial charge in [-0.1, -0.05) is 25.1 Å². The molecule has 0 bridgehead atoms. The molecule has 1 aliphatic rings. The third kappa shape index (κ3) is 3.88. The van der Waals surface area contributed by atoms with Crippen LogP contribution in [-0.2, 0) is 0 Å². The molecule has 32 heavy (non-hydrogen) atoms. The summed E-state index contributed by atoms with van der Waals surface area (Å²) < 4.78 is 7.69. The van der Waals surface area contributed by atoms with E-state index >= 15 is 0 Å². The van der Waals surface area contributed by atoms with Gasteiger partial charge in [-0.3, -0.25) is 0 Å². The Hall–Kier alpha value is -3.19. The summed E-state index contributed by atoms with van der Waals surface area (Å²) in [5.41, 5.74) is 8.11. The van der Waals surface area contributed by atoms with E-state index in [1.807, 2.05) is 25.3 Å². The second kappa shape index (κ2) is 8.74. The van der Waals surface area contributed by atoms with Gasteiger partial charge in [0.2, 0.25) is 0 Å². The highest BCUT2D eigenvalue weighted by Gasteiger charge is 2.23. The van der Waals surface area contributed by atoms with E-state index in [1.54, 1.807) is 0 Å². The molecular formula is C25H30N6O. The number of anilines is 1. The van der Waals surface area contributed by atoms with Gasteiger partial charge >= 0.3 is 0 Å². The van der Waals surface area contributed by atoms with E-state index < -0.39 is 0 Å². The molecule has 0 atom stereocenters. The summed E-state index contributed by atoms with van der Waals surface area (Å²) in [5.74, 6) is 1.99. The van der Waals surface area contributed by atoms with E-state index in [-0.39, 0.29) is 0 Å². The summed E-state index contributed by atoms with van der Waals surface area (Å²) in [5, 5.41) is 7.73. The van der Waals surface area contributed by atoms with E-state index in [0.717, 1.165) is 59.0 Å². The maximum Gasteiger partial charge on any atom is 0.164 e. The maximum atomic E-state index is 6.34. The molecule has 2 aromatic carbocycles. The number of rotatable bonds is 6. The smallest absolute Gasteiger partial charge is 0.164 e. The van der Waals surface area contributed by atoms with Gasteiger partial charge < -0.3 is 15.4 Å². The standard InChI is InChI=1S/C25H30N6O/c1-3-11-30-12-9-20(10-13-30)31-25-22(16-27-31)23(26)28-24(29-25)19-6-5-18-15-21(32-4-2)8-7-17(18)14-19/h5-8,14-16,20H,3-4,9-13H2,1-2H3,(H2,26,28,29). The third-order valence-corrected chi connectivity index (χ3v) is 6.31. The molecule has 0 radical (unpaired) electrons. The topological polar surface area (TPSA) is 82.1 Å². The number of aromatic nitrogens is 4. The van der Waals surface area contributed by atoms with Gasteiger partial charge in [-0.15, -0.1) is 0 Å². The van der Waals surface area contributed by atoms with Crippen molar-refractivity contribution in [3.63, 3.8) is 0 Å². The molecular weight excluding hydrogens is 400 g/mol. The van der Waals surface area contributed by atoms with Crippen LogP contribution < -0.4 is 10.5 Å². The summed E-state index contributed by atoms with van der Waals surface area (Å²) in [7, 11) is 0. The lowest BCUT2D eigenvalue weighted by Gasteiger charge is -2.31. The van der Waals surface area contributed by atoms with Gasteiger partial charge in [-0.25, -0.2) is 14.6 Å². The summed E-state index contributed by atoms with van der Waals surface area (Å²) >= 11 is 0. The van der Waals surface area contributed by atoms with Gasteiger partial charge in [-0.05, 0) is 61.7 Å². The first-order valence-corrected chi connectivity index (χ1v) is 11.6. The van der Waals surface area contributed by atoms with Crippen LogP contribution in [0.15, 0.2) is 42.6 Å². The van der Waals surface area contributed by atoms with Gasteiger partial charge in [-0.2, -0.15) is 5.10 Å². The number of nitrogens with zero attached hydrogens (tertiary/aromatic N) is 5. The Morgan fingerprint density at radius 2 is 1.81 bits per heavy atom. The van der Waals surface area contributed by atoms with Gasteiger partial charge in [0, 0.05) is 18.7 Å². The van der Waals surface area contributed by atoms with Crippen LogP contribution in [0.3, 0.4) is 0 Å². The van der Waals surface area contributed by atoms with Crippen molar-refractivity contribution in [3.05, 3.63) is 42.6 Å². The SMILES string of the molecule is CCCN1CCC(n2ncc3c(N)nc(-c4ccc5cc(OCC)ccc5c4)nc32)CC1. The Bertz CT molecular complexity index is 1240. The second-order valence-electron chi connectivity index (χ2n) is 8.49. The van der Waals surface area contributed by atoms with Gasteiger partial charge in [0.15, 0.2) is 11.5 Å². The van der Waals surface area contributed by atoms with Crippen LogP contribution in [0.25, 0.3) is 33.2 Å². The zero-order chi connectivity index (χ0) is 22.1. The number of nitrogen functional groups attached to an aromatic ring is 1. The molecule has 0 amide bonds. The minimum atomic E-state index is 0.344. The molecule has 166 valence electrons. The van der Waals surface area contributed by atoms with Crippen LogP contribution in [0.1, 0.15) is 39.2 Å². The number of ether oxygens (including phenoxy) is 1. The Morgan fingerprint density at radius 1 is 1.03 bits per heavy atom. The predicted molar refractivity (Wildman–Crippen MR) is 129 cm³/mol. The van der Waals surface area contributed by atoms with Crippen molar-refractivity contribution in [3.8, 4) is 17.1 Å². The van der Waals surface area contributed by atoms with Crippen LogP contribution in [-0.4, -0.2) is 50.9 Å². The van der Waals surface area contributed by atoms with Crippen molar-refractivity contribution in [1.82, 2.24) is 24.6 Å². The van der Waals surface area contributed by atoms with E-state index in [4.69, 9.17) is 15.5 Å². The number of fused-ring (bicyclic) bond motifs is 2. The van der Waals surface area contributed by atoms with Gasteiger partial charge in [0.05, 0.1) is 24.2 Å². The highest BCUT2D eigenvalue weighted by Crippen LogP contribution is 2.30. The Kier molecular flexibility index (Phi) is 5.66. The largest absolute Gasteiger partial charge is 0.494 e. The van der Waals surface area contributed by atoms with Crippen molar-refractivity contribution < 1.29 is 4.74 Å². The number of hydrogen-bond donors (Lipinski definition) is 1. The van der Waals surface area contributed by atoms with E-state index in [1.165, 1.54) is 13.0 Å². The van der Waals surface area contributed by atoms with Crippen molar-refractivity contribution >= 4 is 27.6 Å². The van der Waals surface area contributed by atoms with Crippen LogP contribution in [0.5, 0.6) is 5.75 Å². The van der Waals surface area contributed by atoms with Crippen molar-refractivity contribution in [2.75, 3.05) is 32.0 Å². The molecule has 1 fully saturated rings. The Morgan fingerprint density at radius 3 is 2.59 bits per heavy atom. The maximum absolute atomic E-state index is 6.34. The molecule has 0 spiro atoms. The van der Waals surface area contributed by atoms with Crippen LogP contribution in [0, 0.1) is 0 Å². The molecule has 0 saturated carbocycles. The Labute approximate surface area is 188 Å². The Balaban J connectivity index is 1.48. The summed E-state index contributed by atoms with van der Waals surface area (Å²) in [6, 6.07) is 12.7. The van der Waals surface area contributed by atoms with Gasteiger partial charge in [0.25, 0.3) is 0 Å². The zero-order valence-electron chi connectivity index (χ0n) is 18.8. The number of likely N-dealkylation sites (tertiary alicyclic amines) is 1. The first kappa shape index (κ1) is 20.7. The molecule has 3 heterocycles. The first-order chi connectivity index (χ1) is 15.7. The fourth-order valence-corrected chi connectivity index (χ4v) is 4.67. The molecule has 7 nitrogen and oxygen atoms in total. The minimum Gasteiger partial charge on any atom is -0.494 e. The van der Waals surface area contributed by atoms with Crippen molar-refractivity contribution in [2.45, 2.75) is 39.2 Å². The van der Waals surface area contributed by atoms with Crippen molar-refractivity contribution in [1.29, 1.82) is 0 Å². The average Bonchev–Trinajstić information content (AvgIpc) is 3.24. The number of benzene rings is 2. The van der Waals surface area contributed by atoms with Gasteiger partial charge in [0.1, 0.15) is 11.6 Å². The van der Waals surface area contributed by atoms with E-state index in [0.29, 0.717) is 24.3 Å². The molecule has 5 rings (SSSR count). The van der Waals surface area contributed by atoms with E-state index in [9.17, 15) is 0 Å². The number of piperidine rings is 1. The average molecular weight is 431 g/mol. The van der Waals surface area contributed by atoms with Crippen LogP contribution in [0.2, 0.25) is 0 Å². The fraction of sp³-hybridized carbons (Fsp3) is 0.400. The molecule has 7 heteroatoms. The first-order valence-electron chi connectivity index (χ1n) is 11.6. The zero-order valence-corrected chi connectivity index (χ0v) is 18.8. The van der Waals surface area contributed by atoms with Crippen LogP contribution >= 0.6 is 0 Å². The molecule has 0 unspecified atom stereocenters. The molecule has 2 aromatic heterocycles. The molecule has 1 aliphatic heterocycles. The fourth-order valence-electron chi connectivity index (χ4n) is 4.67. The lowest BCUT2D eigenvalue weighted by atomic mass is 10.0. The minimum absolute atomic E-state index is 0.344. The second-order valence-corrected chi connectivity index (χ2v) is 8.49. The quantitative estimate of drug-likeness (QED) is 0.478. The van der Waals surface area contributed by atoms with E-state index in [2.05, 4.69) is 50.9 Å². The third-order valence-electron chi connectivity index (χ3n) is 6.31. The highest BCUT2D eigenvalue weighted by molar-refractivity contribution is 5.90. The summed E-state index contributed by atoms with van der Waals surface area (Å²) in [6.45, 7) is 8.24. The number of hydrogen-bond acceptors (Lipinski definition) is 6. The van der Waals surface area contributed by atoms with Crippen molar-refractivity contribution in [2.24, 2.45) is 0 Å². The number of nitrogens with two attached hydrogens (primary N) is 1. The normalized spacial score (nSPS) is 15.6. The molecule has 1 saturated heterocycles.